The lowest BCUT2D eigenvalue weighted by Crippen LogP contribution is -2.51. The van der Waals surface area contributed by atoms with Crippen molar-refractivity contribution in [2.75, 3.05) is 40.9 Å². The number of amides is 2. The highest BCUT2D eigenvalue weighted by Crippen LogP contribution is 2.20. The van der Waals surface area contributed by atoms with Crippen molar-refractivity contribution in [3.8, 4) is 0 Å². The first kappa shape index (κ1) is 20.2. The number of nitrogens with zero attached hydrogens (tertiary/aromatic N) is 2. The normalized spacial score (nSPS) is 11.8. The molecule has 1 N–H and O–H groups in total. The van der Waals surface area contributed by atoms with E-state index in [1.165, 1.54) is 10.8 Å². The summed E-state index contributed by atoms with van der Waals surface area (Å²) in [6, 6.07) is 14.4. The number of fused-ring (bicyclic) bond motifs is 1. The predicted octanol–water partition coefficient (Wildman–Crippen LogP) is 3.34. The highest BCUT2D eigenvalue weighted by Gasteiger charge is 2.23. The summed E-state index contributed by atoms with van der Waals surface area (Å²) >= 11 is 0. The maximum absolute atomic E-state index is 12.8. The van der Waals surface area contributed by atoms with E-state index >= 15 is 0 Å². The van der Waals surface area contributed by atoms with Gasteiger partial charge in [0.25, 0.3) is 0 Å². The highest BCUT2D eigenvalue weighted by molar-refractivity contribution is 5.86. The fourth-order valence-corrected chi connectivity index (χ4v) is 2.65. The maximum Gasteiger partial charge on any atom is 0.317 e. The van der Waals surface area contributed by atoms with E-state index in [2.05, 4.69) is 48.3 Å². The van der Waals surface area contributed by atoms with Gasteiger partial charge in [-0.3, -0.25) is 0 Å². The molecule has 2 rings (SSSR count). The summed E-state index contributed by atoms with van der Waals surface area (Å²) in [6.45, 7) is 6.41. The van der Waals surface area contributed by atoms with E-state index in [0.717, 1.165) is 5.56 Å². The number of hydrogen-bond acceptors (Lipinski definition) is 3. The van der Waals surface area contributed by atoms with Gasteiger partial charge >= 0.3 is 6.03 Å². The summed E-state index contributed by atoms with van der Waals surface area (Å²) in [5.41, 5.74) is 1.03. The summed E-state index contributed by atoms with van der Waals surface area (Å²) in [5.74, 6) is 0. The smallest absolute Gasteiger partial charge is 0.317 e. The fourth-order valence-electron chi connectivity index (χ4n) is 2.65. The number of nitrogens with one attached hydrogen (secondary N) is 1. The van der Waals surface area contributed by atoms with Crippen molar-refractivity contribution in [2.45, 2.75) is 25.9 Å². The van der Waals surface area contributed by atoms with Crippen molar-refractivity contribution in [2.24, 2.45) is 0 Å². The third kappa shape index (κ3) is 5.19. The molecule has 0 aliphatic heterocycles. The fraction of sp³-hybridized carbons (Fsp3) is 0.476. The van der Waals surface area contributed by atoms with Crippen LogP contribution in [0.15, 0.2) is 42.5 Å². The molecule has 2 amide bonds. The van der Waals surface area contributed by atoms with Gasteiger partial charge in [-0.15, -0.1) is 0 Å². The molecule has 0 saturated heterocycles. The van der Waals surface area contributed by atoms with E-state index in [0.29, 0.717) is 26.2 Å². The summed E-state index contributed by atoms with van der Waals surface area (Å²) in [4.78, 5) is 16.7. The van der Waals surface area contributed by atoms with E-state index in [4.69, 9.17) is 4.74 Å². The predicted molar refractivity (Wildman–Crippen MR) is 107 cm³/mol. The van der Waals surface area contributed by atoms with Crippen LogP contribution < -0.4 is 5.32 Å². The minimum absolute atomic E-state index is 0.0649. The minimum Gasteiger partial charge on any atom is -0.383 e. The second-order valence-electron chi connectivity index (χ2n) is 7.42. The topological polar surface area (TPSA) is 44.8 Å². The van der Waals surface area contributed by atoms with Crippen molar-refractivity contribution in [1.82, 2.24) is 15.1 Å². The average molecular weight is 357 g/mol. The van der Waals surface area contributed by atoms with Crippen LogP contribution in [0.2, 0.25) is 0 Å². The Kier molecular flexibility index (Phi) is 7.00. The third-order valence-electron chi connectivity index (χ3n) is 4.98. The summed E-state index contributed by atoms with van der Waals surface area (Å²) in [5, 5.41) is 5.44. The Bertz CT molecular complexity index is 723. The lowest BCUT2D eigenvalue weighted by Gasteiger charge is -2.34. The van der Waals surface area contributed by atoms with Gasteiger partial charge in [0, 0.05) is 32.3 Å². The summed E-state index contributed by atoms with van der Waals surface area (Å²) in [6.07, 6.45) is 0. The van der Waals surface area contributed by atoms with Gasteiger partial charge in [-0.1, -0.05) is 42.5 Å². The molecule has 0 radical (unpaired) electrons. The summed E-state index contributed by atoms with van der Waals surface area (Å²) < 4.78 is 5.20. The molecule has 5 heteroatoms. The number of carbonyl (C=O) groups excluding carboxylic acids is 1. The molecule has 0 atom stereocenters. The first-order chi connectivity index (χ1) is 12.3. The molecule has 142 valence electrons. The van der Waals surface area contributed by atoms with Crippen LogP contribution in [0, 0.1) is 0 Å². The molecule has 0 bridgehead atoms. The molecule has 0 saturated carbocycles. The number of carbonyl (C=O) groups is 1. The van der Waals surface area contributed by atoms with Crippen LogP contribution in [-0.2, 0) is 11.3 Å². The zero-order valence-corrected chi connectivity index (χ0v) is 16.6. The van der Waals surface area contributed by atoms with Gasteiger partial charge in [0.05, 0.1) is 6.61 Å². The van der Waals surface area contributed by atoms with Gasteiger partial charge in [0.15, 0.2) is 0 Å². The van der Waals surface area contributed by atoms with Gasteiger partial charge < -0.3 is 19.9 Å². The van der Waals surface area contributed by atoms with Crippen LogP contribution in [-0.4, -0.2) is 62.3 Å². The number of hydrogen-bond donors (Lipinski definition) is 1. The Balaban J connectivity index is 2.14. The molecule has 0 unspecified atom stereocenters. The molecule has 26 heavy (non-hydrogen) atoms. The van der Waals surface area contributed by atoms with Crippen LogP contribution in [0.4, 0.5) is 4.79 Å². The largest absolute Gasteiger partial charge is 0.383 e. The van der Waals surface area contributed by atoms with Crippen molar-refractivity contribution in [3.05, 3.63) is 48.0 Å². The zero-order valence-electron chi connectivity index (χ0n) is 16.6. The minimum atomic E-state index is -0.109. The molecule has 5 nitrogen and oxygen atoms in total. The molecule has 2 aromatic rings. The zero-order chi connectivity index (χ0) is 19.2. The van der Waals surface area contributed by atoms with Gasteiger partial charge in [0.1, 0.15) is 0 Å². The van der Waals surface area contributed by atoms with Crippen LogP contribution in [0.25, 0.3) is 10.8 Å². The Labute approximate surface area is 156 Å². The second-order valence-corrected chi connectivity index (χ2v) is 7.42. The number of likely N-dealkylation sites (N-methyl/N-ethyl adjacent to an activating group) is 1. The van der Waals surface area contributed by atoms with Gasteiger partial charge in [-0.25, -0.2) is 4.79 Å². The molecule has 0 aliphatic rings. The van der Waals surface area contributed by atoms with Crippen LogP contribution in [0.1, 0.15) is 19.4 Å². The average Bonchev–Trinajstić information content (AvgIpc) is 2.63. The van der Waals surface area contributed by atoms with Crippen LogP contribution in [0.3, 0.4) is 0 Å². The van der Waals surface area contributed by atoms with Crippen molar-refractivity contribution in [1.29, 1.82) is 0 Å². The Morgan fingerprint density at radius 3 is 2.50 bits per heavy atom. The first-order valence-corrected chi connectivity index (χ1v) is 9.01. The van der Waals surface area contributed by atoms with Crippen molar-refractivity contribution < 1.29 is 9.53 Å². The second kappa shape index (κ2) is 9.01. The highest BCUT2D eigenvalue weighted by atomic mass is 16.5. The van der Waals surface area contributed by atoms with E-state index in [9.17, 15) is 4.79 Å². The molecule has 0 heterocycles. The molecular formula is C21H31N3O2. The number of methoxy groups -OCH3 is 1. The number of benzene rings is 2. The monoisotopic (exact) mass is 357 g/mol. The van der Waals surface area contributed by atoms with Gasteiger partial charge in [-0.05, 0) is 44.3 Å². The van der Waals surface area contributed by atoms with Crippen molar-refractivity contribution >= 4 is 16.8 Å². The first-order valence-electron chi connectivity index (χ1n) is 9.01. The third-order valence-corrected chi connectivity index (χ3v) is 4.98. The maximum atomic E-state index is 12.8. The van der Waals surface area contributed by atoms with Gasteiger partial charge in [0.2, 0.25) is 0 Å². The molecule has 0 spiro atoms. The van der Waals surface area contributed by atoms with E-state index < -0.39 is 0 Å². The Morgan fingerprint density at radius 2 is 1.81 bits per heavy atom. The molecule has 0 fully saturated rings. The van der Waals surface area contributed by atoms with Crippen LogP contribution in [0.5, 0.6) is 0 Å². The van der Waals surface area contributed by atoms with E-state index in [-0.39, 0.29) is 11.6 Å². The molecule has 2 aromatic carbocycles. The van der Waals surface area contributed by atoms with Gasteiger partial charge in [-0.2, -0.15) is 0 Å². The standard InChI is InChI=1S/C21H31N3O2/c1-21(2,23(3)4)16-22-20(25)24(13-14-26-5)15-18-11-8-10-17-9-6-7-12-19(17)18/h6-12H,13-16H2,1-5H3,(H,22,25). The molecular weight excluding hydrogens is 326 g/mol. The Morgan fingerprint density at radius 1 is 1.12 bits per heavy atom. The van der Waals surface area contributed by atoms with Crippen molar-refractivity contribution in [3.63, 3.8) is 0 Å². The quantitative estimate of drug-likeness (QED) is 0.788. The lowest BCUT2D eigenvalue weighted by molar-refractivity contribution is 0.140. The SMILES string of the molecule is COCCN(Cc1cccc2ccccc12)C(=O)NCC(C)(C)N(C)C. The van der Waals surface area contributed by atoms with E-state index in [1.807, 2.05) is 37.2 Å². The van der Waals surface area contributed by atoms with E-state index in [1.54, 1.807) is 7.11 Å². The number of urea groups is 1. The number of rotatable bonds is 8. The lowest BCUT2D eigenvalue weighted by atomic mass is 10.0. The molecule has 0 aromatic heterocycles. The van der Waals surface area contributed by atoms with Crippen LogP contribution >= 0.6 is 0 Å². The Hall–Kier alpha value is -2.11. The molecule has 0 aliphatic carbocycles. The number of ether oxygens (including phenoxy) is 1. The summed E-state index contributed by atoms with van der Waals surface area (Å²) in [7, 11) is 5.69.